The van der Waals surface area contributed by atoms with Crippen LogP contribution < -0.4 is 0 Å². The van der Waals surface area contributed by atoms with E-state index in [-0.39, 0.29) is 5.12 Å². The van der Waals surface area contributed by atoms with E-state index in [1.54, 1.807) is 18.2 Å². The van der Waals surface area contributed by atoms with Gasteiger partial charge in [0.1, 0.15) is 0 Å². The number of carbonyl (C=O) groups excluding carboxylic acids is 1. The largest absolute Gasteiger partial charge is 0.282 e. The van der Waals surface area contributed by atoms with Gasteiger partial charge in [0.15, 0.2) is 4.90 Å². The predicted molar refractivity (Wildman–Crippen MR) is 48.2 cm³/mol. The van der Waals surface area contributed by atoms with Crippen molar-refractivity contribution in [3.8, 4) is 0 Å². The van der Waals surface area contributed by atoms with Gasteiger partial charge in [-0.3, -0.25) is 4.79 Å². The van der Waals surface area contributed by atoms with Crippen LogP contribution in [0.25, 0.3) is 0 Å². The van der Waals surface area contributed by atoms with Gasteiger partial charge in [0.05, 0.1) is 5.56 Å². The highest BCUT2D eigenvalue weighted by molar-refractivity contribution is 7.97. The van der Waals surface area contributed by atoms with Crippen LogP contribution in [0.5, 0.6) is 0 Å². The molecule has 0 N–H and O–H groups in total. The monoisotopic (exact) mass is 171 g/mol. The van der Waals surface area contributed by atoms with Crippen LogP contribution in [0.4, 0.5) is 0 Å². The third-order valence-electron chi connectivity index (χ3n) is 1.16. The number of thiol groups is 1. The maximum Gasteiger partial charge on any atom is 0.221 e. The Morgan fingerprint density at radius 1 is 1.40 bits per heavy atom. The fourth-order valence-electron chi connectivity index (χ4n) is 0.670. The lowest BCUT2D eigenvalue weighted by molar-refractivity contribution is 0.108. The zero-order valence-electron chi connectivity index (χ0n) is 5.16. The van der Waals surface area contributed by atoms with Crippen molar-refractivity contribution in [3.63, 3.8) is 0 Å². The van der Waals surface area contributed by atoms with Crippen molar-refractivity contribution in [2.45, 2.75) is 4.90 Å². The van der Waals surface area contributed by atoms with E-state index in [1.807, 2.05) is 6.07 Å². The molecule has 0 amide bonds. The summed E-state index contributed by atoms with van der Waals surface area (Å²) in [5.41, 5.74) is 0.600. The van der Waals surface area contributed by atoms with Gasteiger partial charge in [0.25, 0.3) is 0 Å². The highest BCUT2D eigenvalue weighted by atomic mass is 32.1. The maximum atomic E-state index is 10.7. The summed E-state index contributed by atoms with van der Waals surface area (Å²) in [6.45, 7) is 0. The molecule has 1 nitrogen and oxygen atoms in total. The maximum absolute atomic E-state index is 10.7. The van der Waals surface area contributed by atoms with Crippen molar-refractivity contribution in [1.29, 1.82) is 0 Å². The molecule has 0 bridgehead atoms. The highest BCUT2D eigenvalue weighted by Gasteiger charge is 2.06. The van der Waals surface area contributed by atoms with Crippen LogP contribution in [0.15, 0.2) is 29.2 Å². The minimum absolute atomic E-state index is 0.217. The van der Waals surface area contributed by atoms with Gasteiger partial charge in [0.2, 0.25) is 5.12 Å². The molecule has 10 heavy (non-hydrogen) atoms. The van der Waals surface area contributed by atoms with E-state index in [0.717, 1.165) is 4.90 Å². The highest BCUT2D eigenvalue weighted by Crippen LogP contribution is 2.09. The average molecular weight is 171 g/mol. The summed E-state index contributed by atoms with van der Waals surface area (Å²) in [5, 5.41) is -0.217. The Hall–Kier alpha value is -0.410. The van der Waals surface area contributed by atoms with Crippen LogP contribution in [0.1, 0.15) is 10.4 Å². The molecule has 0 aliphatic heterocycles. The summed E-state index contributed by atoms with van der Waals surface area (Å²) in [4.78, 5) is 11.5. The molecule has 0 saturated heterocycles. The Morgan fingerprint density at radius 2 is 2.00 bits per heavy atom. The van der Waals surface area contributed by atoms with Crippen molar-refractivity contribution in [1.82, 2.24) is 0 Å². The fraction of sp³-hybridized carbons (Fsp3) is 0. The molecular formula is C7H7OS2+. The second kappa shape index (κ2) is 3.12. The molecule has 52 valence electrons. The van der Waals surface area contributed by atoms with E-state index in [9.17, 15) is 4.79 Å². The molecule has 0 spiro atoms. The summed E-state index contributed by atoms with van der Waals surface area (Å²) in [5.74, 6) is 0. The lowest BCUT2D eigenvalue weighted by Gasteiger charge is -1.91. The van der Waals surface area contributed by atoms with Gasteiger partial charge in [-0.25, -0.2) is 0 Å². The van der Waals surface area contributed by atoms with Crippen LogP contribution in [-0.2, 0) is 12.6 Å². The van der Waals surface area contributed by atoms with Gasteiger partial charge in [-0.05, 0) is 24.8 Å². The molecule has 0 saturated carbocycles. The Morgan fingerprint density at radius 3 is 2.40 bits per heavy atom. The minimum Gasteiger partial charge on any atom is -0.282 e. The molecule has 1 aromatic carbocycles. The molecule has 1 rings (SSSR count). The third-order valence-corrected chi connectivity index (χ3v) is 1.83. The molecule has 0 atom stereocenters. The van der Waals surface area contributed by atoms with Gasteiger partial charge >= 0.3 is 0 Å². The van der Waals surface area contributed by atoms with Gasteiger partial charge in [0, 0.05) is 0 Å². The molecule has 0 aliphatic rings. The summed E-state index contributed by atoms with van der Waals surface area (Å²) in [6.07, 6.45) is 0. The van der Waals surface area contributed by atoms with Gasteiger partial charge < -0.3 is 0 Å². The smallest absolute Gasteiger partial charge is 0.221 e. The summed E-state index contributed by atoms with van der Waals surface area (Å²) < 4.78 is 0. The zero-order chi connectivity index (χ0) is 7.56. The summed E-state index contributed by atoms with van der Waals surface area (Å²) in [7, 11) is 0. The van der Waals surface area contributed by atoms with Crippen molar-refractivity contribution in [3.05, 3.63) is 29.8 Å². The van der Waals surface area contributed by atoms with Crippen LogP contribution >= 0.6 is 12.6 Å². The topological polar surface area (TPSA) is 17.1 Å². The van der Waals surface area contributed by atoms with Crippen molar-refractivity contribution < 1.29 is 4.79 Å². The lowest BCUT2D eigenvalue weighted by Crippen LogP contribution is -1.90. The number of rotatable bonds is 1. The summed E-state index contributed by atoms with van der Waals surface area (Å²) >= 11 is 6.96. The molecule has 0 aliphatic carbocycles. The average Bonchev–Trinajstić information content (AvgIpc) is 1.88. The van der Waals surface area contributed by atoms with Crippen LogP contribution in [0.3, 0.4) is 0 Å². The first kappa shape index (κ1) is 7.69. The molecule has 3 heteroatoms. The Labute approximate surface area is 70.3 Å². The van der Waals surface area contributed by atoms with E-state index < -0.39 is 0 Å². The zero-order valence-corrected chi connectivity index (χ0v) is 7.06. The SMILES string of the molecule is O=C(S)c1ccccc1[SH2+]. The lowest BCUT2D eigenvalue weighted by atomic mass is 10.2. The van der Waals surface area contributed by atoms with Crippen LogP contribution in [-0.4, -0.2) is 5.12 Å². The minimum atomic E-state index is -0.217. The second-order valence-electron chi connectivity index (χ2n) is 1.85. The first-order valence-corrected chi connectivity index (χ1v) is 3.70. The number of hydrogen-bond acceptors (Lipinski definition) is 1. The van der Waals surface area contributed by atoms with Gasteiger partial charge in [-0.2, -0.15) is 0 Å². The van der Waals surface area contributed by atoms with Crippen molar-refractivity contribution in [2.75, 3.05) is 0 Å². The number of benzene rings is 1. The molecular weight excluding hydrogens is 164 g/mol. The third kappa shape index (κ3) is 1.55. The molecule has 1 aromatic rings. The van der Waals surface area contributed by atoms with E-state index in [1.165, 1.54) is 0 Å². The molecule has 0 aromatic heterocycles. The van der Waals surface area contributed by atoms with Crippen LogP contribution in [0, 0.1) is 0 Å². The predicted octanol–water partition coefficient (Wildman–Crippen LogP) is 1.13. The first-order valence-electron chi connectivity index (χ1n) is 2.76. The standard InChI is InChI=1S/C7H6OS2/c8-7(10)5-3-1-2-4-6(5)9/h1-4,9H,(H,8,10)/p+1. The quantitative estimate of drug-likeness (QED) is 0.495. The molecule has 0 fully saturated rings. The summed E-state index contributed by atoms with van der Waals surface area (Å²) in [6, 6.07) is 7.17. The Bertz CT molecular complexity index is 258. The molecule has 0 radical (unpaired) electrons. The molecule has 0 unspecified atom stereocenters. The van der Waals surface area contributed by atoms with Gasteiger partial charge in [-0.15, -0.1) is 12.6 Å². The Kier molecular flexibility index (Phi) is 2.40. The van der Waals surface area contributed by atoms with Crippen molar-refractivity contribution in [2.24, 2.45) is 0 Å². The first-order chi connectivity index (χ1) is 4.72. The molecule has 0 heterocycles. The van der Waals surface area contributed by atoms with Crippen molar-refractivity contribution >= 4 is 30.4 Å². The van der Waals surface area contributed by atoms with Crippen LogP contribution in [0.2, 0.25) is 0 Å². The number of hydrogen-bond donors (Lipinski definition) is 1. The van der Waals surface area contributed by atoms with Gasteiger partial charge in [-0.1, -0.05) is 12.1 Å². The van der Waals surface area contributed by atoms with E-state index in [0.29, 0.717) is 5.56 Å². The van der Waals surface area contributed by atoms with E-state index in [4.69, 9.17) is 0 Å². The van der Waals surface area contributed by atoms with E-state index in [2.05, 4.69) is 25.3 Å². The number of carbonyl (C=O) groups is 1. The second-order valence-corrected chi connectivity index (χ2v) is 2.80. The van der Waals surface area contributed by atoms with E-state index >= 15 is 0 Å². The normalized spacial score (nSPS) is 9.40. The fourth-order valence-corrected chi connectivity index (χ4v) is 1.26. The Balaban J connectivity index is 3.15.